The molecule has 3 rings (SSSR count). The van der Waals surface area contributed by atoms with E-state index in [9.17, 15) is 5.11 Å². The molecule has 0 saturated heterocycles. The second-order valence-corrected chi connectivity index (χ2v) is 6.38. The second kappa shape index (κ2) is 6.20. The summed E-state index contributed by atoms with van der Waals surface area (Å²) in [5.41, 5.74) is 3.81. The quantitative estimate of drug-likeness (QED) is 0.886. The lowest BCUT2D eigenvalue weighted by Crippen LogP contribution is -2.36. The highest BCUT2D eigenvalue weighted by molar-refractivity contribution is 5.85. The first-order chi connectivity index (χ1) is 10.2. The van der Waals surface area contributed by atoms with Gasteiger partial charge in [0.05, 0.1) is 12.6 Å². The van der Waals surface area contributed by atoms with Crippen molar-refractivity contribution in [1.82, 2.24) is 9.88 Å². The van der Waals surface area contributed by atoms with E-state index in [4.69, 9.17) is 0 Å². The largest absolute Gasteiger partial charge is 0.390 e. The summed E-state index contributed by atoms with van der Waals surface area (Å²) in [6.07, 6.45) is 4.84. The van der Waals surface area contributed by atoms with Gasteiger partial charge in [-0.05, 0) is 38.3 Å². The molecule has 1 heterocycles. The zero-order valence-corrected chi connectivity index (χ0v) is 13.1. The van der Waals surface area contributed by atoms with Crippen molar-refractivity contribution in [1.29, 1.82) is 0 Å². The van der Waals surface area contributed by atoms with Gasteiger partial charge in [0.1, 0.15) is 0 Å². The van der Waals surface area contributed by atoms with Gasteiger partial charge < -0.3 is 15.0 Å². The topological polar surface area (TPSA) is 37.2 Å². The summed E-state index contributed by atoms with van der Waals surface area (Å²) >= 11 is 0. The van der Waals surface area contributed by atoms with Crippen LogP contribution in [0, 0.1) is 13.8 Å². The first kappa shape index (κ1) is 14.6. The molecule has 0 spiro atoms. The van der Waals surface area contributed by atoms with E-state index in [0.717, 1.165) is 0 Å². The normalized spacial score (nSPS) is 17.7. The fraction of sp³-hybridized carbons (Fsp3) is 0.556. The van der Waals surface area contributed by atoms with E-state index in [0.29, 0.717) is 19.1 Å². The number of hydrogen-bond donors (Lipinski definition) is 2. The number of aliphatic hydroxyl groups is 1. The molecule has 2 aromatic rings. The highest BCUT2D eigenvalue weighted by Crippen LogP contribution is 2.25. The van der Waals surface area contributed by atoms with Crippen molar-refractivity contribution in [2.24, 2.45) is 0 Å². The maximum Gasteiger partial charge on any atom is 0.0843 e. The SMILES string of the molecule is Cc1c(C)n(CC(O)CNC2CCCC2)c2ccccc12. The Balaban J connectivity index is 1.70. The van der Waals surface area contributed by atoms with Crippen LogP contribution in [0.3, 0.4) is 0 Å². The van der Waals surface area contributed by atoms with Crippen LogP contribution in [0.4, 0.5) is 0 Å². The van der Waals surface area contributed by atoms with Crippen molar-refractivity contribution in [2.45, 2.75) is 58.2 Å². The van der Waals surface area contributed by atoms with Gasteiger partial charge in [0.25, 0.3) is 0 Å². The first-order valence-electron chi connectivity index (χ1n) is 8.12. The van der Waals surface area contributed by atoms with Crippen molar-refractivity contribution < 1.29 is 5.11 Å². The number of fused-ring (bicyclic) bond motifs is 1. The van der Waals surface area contributed by atoms with Crippen LogP contribution < -0.4 is 5.32 Å². The molecule has 1 aromatic heterocycles. The van der Waals surface area contributed by atoms with E-state index in [2.05, 4.69) is 48.0 Å². The minimum Gasteiger partial charge on any atom is -0.390 e. The van der Waals surface area contributed by atoms with Crippen LogP contribution in [-0.2, 0) is 6.54 Å². The molecule has 1 aromatic carbocycles. The highest BCUT2D eigenvalue weighted by atomic mass is 16.3. The van der Waals surface area contributed by atoms with Crippen molar-refractivity contribution in [3.05, 3.63) is 35.5 Å². The maximum atomic E-state index is 10.4. The predicted octanol–water partition coefficient (Wildman–Crippen LogP) is 3.15. The van der Waals surface area contributed by atoms with Crippen molar-refractivity contribution in [3.63, 3.8) is 0 Å². The van der Waals surface area contributed by atoms with E-state index < -0.39 is 0 Å². The molecule has 1 aliphatic rings. The van der Waals surface area contributed by atoms with E-state index in [1.807, 2.05) is 0 Å². The molecule has 1 unspecified atom stereocenters. The predicted molar refractivity (Wildman–Crippen MR) is 87.7 cm³/mol. The molecule has 1 atom stereocenters. The number of para-hydroxylation sites is 1. The molecule has 21 heavy (non-hydrogen) atoms. The summed E-state index contributed by atoms with van der Waals surface area (Å²) in [6.45, 7) is 5.67. The third-order valence-electron chi connectivity index (χ3n) is 4.94. The van der Waals surface area contributed by atoms with Gasteiger partial charge >= 0.3 is 0 Å². The number of hydrogen-bond acceptors (Lipinski definition) is 2. The number of nitrogens with zero attached hydrogens (tertiary/aromatic N) is 1. The molecule has 0 radical (unpaired) electrons. The van der Waals surface area contributed by atoms with Gasteiger partial charge in [-0.1, -0.05) is 31.0 Å². The second-order valence-electron chi connectivity index (χ2n) is 6.38. The van der Waals surface area contributed by atoms with Gasteiger partial charge in [-0.3, -0.25) is 0 Å². The molecule has 3 heteroatoms. The van der Waals surface area contributed by atoms with Gasteiger partial charge in [0.15, 0.2) is 0 Å². The summed E-state index contributed by atoms with van der Waals surface area (Å²) in [7, 11) is 0. The van der Waals surface area contributed by atoms with Gasteiger partial charge in [-0.15, -0.1) is 0 Å². The summed E-state index contributed by atoms with van der Waals surface area (Å²) in [5.74, 6) is 0. The Bertz CT molecular complexity index is 611. The Kier molecular flexibility index (Phi) is 4.32. The monoisotopic (exact) mass is 286 g/mol. The van der Waals surface area contributed by atoms with Gasteiger partial charge in [-0.25, -0.2) is 0 Å². The molecule has 0 aliphatic heterocycles. The van der Waals surface area contributed by atoms with Gasteiger partial charge in [0, 0.05) is 29.2 Å². The number of aliphatic hydroxyl groups excluding tert-OH is 1. The zero-order chi connectivity index (χ0) is 14.8. The molecule has 2 N–H and O–H groups in total. The summed E-state index contributed by atoms with van der Waals surface area (Å²) in [5, 5.41) is 15.2. The molecule has 1 aliphatic carbocycles. The average molecular weight is 286 g/mol. The van der Waals surface area contributed by atoms with Crippen LogP contribution in [0.15, 0.2) is 24.3 Å². The summed E-state index contributed by atoms with van der Waals surface area (Å²) in [6, 6.07) is 9.07. The van der Waals surface area contributed by atoms with Crippen LogP contribution in [0.25, 0.3) is 10.9 Å². The third-order valence-corrected chi connectivity index (χ3v) is 4.94. The van der Waals surface area contributed by atoms with Crippen molar-refractivity contribution >= 4 is 10.9 Å². The number of nitrogens with one attached hydrogen (secondary N) is 1. The Labute approximate surface area is 127 Å². The average Bonchev–Trinajstić information content (AvgIpc) is 3.09. The molecule has 1 fully saturated rings. The summed E-state index contributed by atoms with van der Waals surface area (Å²) < 4.78 is 2.26. The Hall–Kier alpha value is -1.32. The van der Waals surface area contributed by atoms with Gasteiger partial charge in [-0.2, -0.15) is 0 Å². The Morgan fingerprint density at radius 1 is 1.24 bits per heavy atom. The maximum absolute atomic E-state index is 10.4. The molecular formula is C18H26N2O. The number of aromatic nitrogens is 1. The third kappa shape index (κ3) is 2.99. The van der Waals surface area contributed by atoms with Crippen LogP contribution in [0.5, 0.6) is 0 Å². The molecule has 114 valence electrons. The van der Waals surface area contributed by atoms with Crippen LogP contribution in [0.1, 0.15) is 36.9 Å². The number of benzene rings is 1. The number of rotatable bonds is 5. The lowest BCUT2D eigenvalue weighted by Gasteiger charge is -2.18. The molecule has 3 nitrogen and oxygen atoms in total. The zero-order valence-electron chi connectivity index (χ0n) is 13.1. The van der Waals surface area contributed by atoms with E-state index >= 15 is 0 Å². The standard InChI is InChI=1S/C18H26N2O/c1-13-14(2)20(18-10-6-5-9-17(13)18)12-16(21)11-19-15-7-3-4-8-15/h5-6,9-10,15-16,19,21H,3-4,7-8,11-12H2,1-2H3. The van der Waals surface area contributed by atoms with E-state index in [1.165, 1.54) is 47.8 Å². The van der Waals surface area contributed by atoms with Crippen LogP contribution >= 0.6 is 0 Å². The lowest BCUT2D eigenvalue weighted by molar-refractivity contribution is 0.148. The number of aryl methyl sites for hydroxylation is 1. The Morgan fingerprint density at radius 3 is 2.71 bits per heavy atom. The van der Waals surface area contributed by atoms with E-state index in [1.54, 1.807) is 0 Å². The lowest BCUT2D eigenvalue weighted by atomic mass is 10.2. The van der Waals surface area contributed by atoms with Crippen molar-refractivity contribution in [3.8, 4) is 0 Å². The van der Waals surface area contributed by atoms with Crippen molar-refractivity contribution in [2.75, 3.05) is 6.54 Å². The van der Waals surface area contributed by atoms with Crippen LogP contribution in [-0.4, -0.2) is 28.4 Å². The molecular weight excluding hydrogens is 260 g/mol. The molecule has 0 amide bonds. The van der Waals surface area contributed by atoms with Crippen LogP contribution in [0.2, 0.25) is 0 Å². The smallest absolute Gasteiger partial charge is 0.0843 e. The highest BCUT2D eigenvalue weighted by Gasteiger charge is 2.17. The molecule has 1 saturated carbocycles. The Morgan fingerprint density at radius 2 is 1.95 bits per heavy atom. The fourth-order valence-electron chi connectivity index (χ4n) is 3.55. The minimum atomic E-state index is -0.334. The summed E-state index contributed by atoms with van der Waals surface area (Å²) in [4.78, 5) is 0. The fourth-order valence-corrected chi connectivity index (χ4v) is 3.55. The van der Waals surface area contributed by atoms with E-state index in [-0.39, 0.29) is 6.10 Å². The van der Waals surface area contributed by atoms with Gasteiger partial charge in [0.2, 0.25) is 0 Å². The molecule has 0 bridgehead atoms. The minimum absolute atomic E-state index is 0.334. The first-order valence-corrected chi connectivity index (χ1v) is 8.12.